The van der Waals surface area contributed by atoms with Crippen molar-refractivity contribution in [3.05, 3.63) is 65.5 Å². The van der Waals surface area contributed by atoms with Gasteiger partial charge in [0.15, 0.2) is 0 Å². The highest BCUT2D eigenvalue weighted by atomic mass is 19.1. The van der Waals surface area contributed by atoms with Crippen molar-refractivity contribution >= 4 is 29.4 Å². The lowest BCUT2D eigenvalue weighted by Crippen LogP contribution is -2.44. The number of hydrogen-bond acceptors (Lipinski definition) is 4. The van der Waals surface area contributed by atoms with E-state index in [9.17, 15) is 23.6 Å². The SMILES string of the molecule is CCN(CC)C(=O)c1ccc(NC(=O)CN2C(=O)N[C@](CC)(c3ccc(F)cc3)C2=O)cc1. The molecule has 1 aliphatic rings. The van der Waals surface area contributed by atoms with Crippen molar-refractivity contribution in [1.82, 2.24) is 15.1 Å². The molecule has 2 N–H and O–H groups in total. The van der Waals surface area contributed by atoms with E-state index in [0.717, 1.165) is 4.90 Å². The monoisotopic (exact) mass is 454 g/mol. The fourth-order valence-electron chi connectivity index (χ4n) is 3.88. The maximum absolute atomic E-state index is 13.3. The summed E-state index contributed by atoms with van der Waals surface area (Å²) in [4.78, 5) is 53.1. The van der Waals surface area contributed by atoms with Crippen LogP contribution < -0.4 is 10.6 Å². The minimum absolute atomic E-state index is 0.103. The third kappa shape index (κ3) is 4.72. The molecule has 1 saturated heterocycles. The molecule has 1 fully saturated rings. The number of nitrogens with zero attached hydrogens (tertiary/aromatic N) is 2. The van der Waals surface area contributed by atoms with Gasteiger partial charge in [0.05, 0.1) is 0 Å². The van der Waals surface area contributed by atoms with Crippen LogP contribution in [0.2, 0.25) is 0 Å². The Morgan fingerprint density at radius 3 is 2.15 bits per heavy atom. The average Bonchev–Trinajstić information content (AvgIpc) is 3.05. The lowest BCUT2D eigenvalue weighted by Gasteiger charge is -2.25. The normalized spacial score (nSPS) is 17.6. The molecule has 33 heavy (non-hydrogen) atoms. The molecule has 1 heterocycles. The zero-order chi connectivity index (χ0) is 24.2. The van der Waals surface area contributed by atoms with Crippen molar-refractivity contribution in [2.24, 2.45) is 0 Å². The van der Waals surface area contributed by atoms with E-state index in [0.29, 0.717) is 29.9 Å². The zero-order valence-corrected chi connectivity index (χ0v) is 18.9. The number of carbonyl (C=O) groups is 4. The van der Waals surface area contributed by atoms with Gasteiger partial charge >= 0.3 is 6.03 Å². The second-order valence-electron chi connectivity index (χ2n) is 7.69. The molecule has 0 bridgehead atoms. The molecule has 174 valence electrons. The summed E-state index contributed by atoms with van der Waals surface area (Å²) >= 11 is 0. The van der Waals surface area contributed by atoms with Gasteiger partial charge in [0.25, 0.3) is 11.8 Å². The molecule has 0 unspecified atom stereocenters. The third-order valence-corrected chi connectivity index (χ3v) is 5.81. The zero-order valence-electron chi connectivity index (χ0n) is 18.9. The molecule has 3 rings (SSSR count). The molecule has 5 amide bonds. The van der Waals surface area contributed by atoms with Gasteiger partial charge in [-0.2, -0.15) is 0 Å². The van der Waals surface area contributed by atoms with Crippen LogP contribution in [0.4, 0.5) is 14.9 Å². The molecule has 0 aliphatic carbocycles. The van der Waals surface area contributed by atoms with E-state index in [-0.39, 0.29) is 12.3 Å². The molecule has 8 nitrogen and oxygen atoms in total. The first kappa shape index (κ1) is 23.9. The number of amides is 5. The van der Waals surface area contributed by atoms with Crippen molar-refractivity contribution in [1.29, 1.82) is 0 Å². The number of benzene rings is 2. The van der Waals surface area contributed by atoms with E-state index in [1.165, 1.54) is 24.3 Å². The molecule has 1 atom stereocenters. The van der Waals surface area contributed by atoms with Crippen LogP contribution in [0, 0.1) is 5.82 Å². The largest absolute Gasteiger partial charge is 0.339 e. The highest BCUT2D eigenvalue weighted by Crippen LogP contribution is 2.32. The minimum Gasteiger partial charge on any atom is -0.339 e. The van der Waals surface area contributed by atoms with Gasteiger partial charge < -0.3 is 15.5 Å². The summed E-state index contributed by atoms with van der Waals surface area (Å²) in [7, 11) is 0. The second-order valence-corrected chi connectivity index (χ2v) is 7.69. The topological polar surface area (TPSA) is 98.8 Å². The van der Waals surface area contributed by atoms with E-state index in [2.05, 4.69) is 10.6 Å². The van der Waals surface area contributed by atoms with Gasteiger partial charge in [-0.3, -0.25) is 19.3 Å². The van der Waals surface area contributed by atoms with Gasteiger partial charge in [0, 0.05) is 24.3 Å². The van der Waals surface area contributed by atoms with Gasteiger partial charge in [0.1, 0.15) is 17.9 Å². The maximum Gasteiger partial charge on any atom is 0.325 e. The molecule has 2 aromatic rings. The van der Waals surface area contributed by atoms with Crippen LogP contribution in [0.1, 0.15) is 43.1 Å². The summed E-state index contributed by atoms with van der Waals surface area (Å²) in [5.41, 5.74) is 0.0275. The first-order chi connectivity index (χ1) is 15.7. The minimum atomic E-state index is -1.35. The van der Waals surface area contributed by atoms with Crippen LogP contribution in [-0.2, 0) is 15.1 Å². The third-order valence-electron chi connectivity index (χ3n) is 5.81. The Morgan fingerprint density at radius 1 is 1.00 bits per heavy atom. The van der Waals surface area contributed by atoms with Gasteiger partial charge in [0.2, 0.25) is 5.91 Å². The fourth-order valence-corrected chi connectivity index (χ4v) is 3.88. The van der Waals surface area contributed by atoms with Crippen LogP contribution in [-0.4, -0.2) is 53.2 Å². The second kappa shape index (κ2) is 9.81. The number of nitrogens with one attached hydrogen (secondary N) is 2. The fraction of sp³-hybridized carbons (Fsp3) is 0.333. The molecule has 0 aromatic heterocycles. The molecule has 0 spiro atoms. The number of carbonyl (C=O) groups excluding carboxylic acids is 4. The summed E-state index contributed by atoms with van der Waals surface area (Å²) in [6.07, 6.45) is 0.239. The van der Waals surface area contributed by atoms with Crippen molar-refractivity contribution in [2.45, 2.75) is 32.7 Å². The van der Waals surface area contributed by atoms with Crippen molar-refractivity contribution in [2.75, 3.05) is 25.0 Å². The Bertz CT molecular complexity index is 1050. The summed E-state index contributed by atoms with van der Waals surface area (Å²) in [6, 6.07) is 11.0. The van der Waals surface area contributed by atoms with Gasteiger partial charge in [-0.05, 0) is 62.2 Å². The van der Waals surface area contributed by atoms with E-state index >= 15 is 0 Å². The van der Waals surface area contributed by atoms with Crippen molar-refractivity contribution < 1.29 is 23.6 Å². The predicted octanol–water partition coefficient (Wildman–Crippen LogP) is 3.10. The van der Waals surface area contributed by atoms with E-state index in [1.54, 1.807) is 36.1 Å². The summed E-state index contributed by atoms with van der Waals surface area (Å²) in [5, 5.41) is 5.29. The van der Waals surface area contributed by atoms with Crippen LogP contribution >= 0.6 is 0 Å². The van der Waals surface area contributed by atoms with Crippen LogP contribution in [0.25, 0.3) is 0 Å². The Morgan fingerprint density at radius 2 is 1.61 bits per heavy atom. The molecule has 0 saturated carbocycles. The quantitative estimate of drug-likeness (QED) is 0.599. The Balaban J connectivity index is 1.69. The number of urea groups is 1. The van der Waals surface area contributed by atoms with Gasteiger partial charge in [-0.15, -0.1) is 0 Å². The Labute approximate surface area is 191 Å². The number of rotatable bonds is 8. The molecule has 0 radical (unpaired) electrons. The standard InChI is InChI=1S/C24H27FN4O4/c1-4-24(17-9-11-18(25)12-10-17)22(32)29(23(33)27-24)15-20(30)26-19-13-7-16(8-14-19)21(31)28(5-2)6-3/h7-14H,4-6,15H2,1-3H3,(H,26,30)(H,27,33)/t24-/m1/s1. The summed E-state index contributed by atoms with van der Waals surface area (Å²) in [6.45, 7) is 6.23. The number of hydrogen-bond donors (Lipinski definition) is 2. The van der Waals surface area contributed by atoms with E-state index in [4.69, 9.17) is 0 Å². The van der Waals surface area contributed by atoms with Crippen LogP contribution in [0.3, 0.4) is 0 Å². The molecular weight excluding hydrogens is 427 g/mol. The van der Waals surface area contributed by atoms with E-state index in [1.807, 2.05) is 13.8 Å². The Kier molecular flexibility index (Phi) is 7.10. The molecule has 2 aromatic carbocycles. The lowest BCUT2D eigenvalue weighted by molar-refractivity contribution is -0.134. The predicted molar refractivity (Wildman–Crippen MR) is 121 cm³/mol. The average molecular weight is 455 g/mol. The highest BCUT2D eigenvalue weighted by molar-refractivity contribution is 6.10. The number of halogens is 1. The van der Waals surface area contributed by atoms with Gasteiger partial charge in [-0.25, -0.2) is 9.18 Å². The first-order valence-corrected chi connectivity index (χ1v) is 10.8. The van der Waals surface area contributed by atoms with Crippen LogP contribution in [0.15, 0.2) is 48.5 Å². The number of anilines is 1. The van der Waals surface area contributed by atoms with Crippen molar-refractivity contribution in [3.63, 3.8) is 0 Å². The Hall–Kier alpha value is -3.75. The summed E-state index contributed by atoms with van der Waals surface area (Å²) in [5.74, 6) is -1.69. The smallest absolute Gasteiger partial charge is 0.325 e. The maximum atomic E-state index is 13.3. The molecule has 9 heteroatoms. The van der Waals surface area contributed by atoms with Crippen molar-refractivity contribution in [3.8, 4) is 0 Å². The first-order valence-electron chi connectivity index (χ1n) is 10.8. The molecule has 1 aliphatic heterocycles. The molecular formula is C24H27FN4O4. The lowest BCUT2D eigenvalue weighted by atomic mass is 9.87. The summed E-state index contributed by atoms with van der Waals surface area (Å²) < 4.78 is 13.3. The highest BCUT2D eigenvalue weighted by Gasteiger charge is 2.51. The van der Waals surface area contributed by atoms with Gasteiger partial charge in [-0.1, -0.05) is 19.1 Å². The van der Waals surface area contributed by atoms with E-state index < -0.39 is 35.7 Å². The van der Waals surface area contributed by atoms with Crippen LogP contribution in [0.5, 0.6) is 0 Å². The number of imide groups is 1.